The van der Waals surface area contributed by atoms with E-state index in [2.05, 4.69) is 47.5 Å². The van der Waals surface area contributed by atoms with Crippen LogP contribution in [0.15, 0.2) is 30.3 Å². The standard InChI is InChI=1S/C19H28N2/c1-15-7-10-21(12-15)14-19(8-9-19)13-20-18-11-17(18)16-5-3-2-4-6-16/h2-6,15,17-18,20H,7-14H2,1H3. The summed E-state index contributed by atoms with van der Waals surface area (Å²) in [5.74, 6) is 1.69. The van der Waals surface area contributed by atoms with Crippen LogP contribution in [0.2, 0.25) is 0 Å². The van der Waals surface area contributed by atoms with Gasteiger partial charge in [0.1, 0.15) is 0 Å². The smallest absolute Gasteiger partial charge is 0.0143 e. The number of nitrogens with zero attached hydrogens (tertiary/aromatic N) is 1. The van der Waals surface area contributed by atoms with E-state index in [0.29, 0.717) is 5.41 Å². The Hall–Kier alpha value is -0.860. The second kappa shape index (κ2) is 5.40. The molecule has 3 unspecified atom stereocenters. The molecule has 2 nitrogen and oxygen atoms in total. The molecule has 114 valence electrons. The lowest BCUT2D eigenvalue weighted by atomic mass is 10.1. The fraction of sp³-hybridized carbons (Fsp3) is 0.684. The highest BCUT2D eigenvalue weighted by molar-refractivity contribution is 5.27. The molecule has 1 heterocycles. The summed E-state index contributed by atoms with van der Waals surface area (Å²) in [6.07, 6.45) is 5.62. The average molecular weight is 284 g/mol. The van der Waals surface area contributed by atoms with Crippen LogP contribution in [0, 0.1) is 11.3 Å². The summed E-state index contributed by atoms with van der Waals surface area (Å²) >= 11 is 0. The molecule has 1 aromatic rings. The van der Waals surface area contributed by atoms with E-state index in [1.54, 1.807) is 0 Å². The van der Waals surface area contributed by atoms with Crippen molar-refractivity contribution in [1.82, 2.24) is 10.2 Å². The summed E-state index contributed by atoms with van der Waals surface area (Å²) in [6.45, 7) is 7.64. The van der Waals surface area contributed by atoms with E-state index in [1.165, 1.54) is 57.4 Å². The van der Waals surface area contributed by atoms with Gasteiger partial charge in [-0.15, -0.1) is 0 Å². The summed E-state index contributed by atoms with van der Waals surface area (Å²) in [6, 6.07) is 11.8. The Morgan fingerprint density at radius 2 is 2.05 bits per heavy atom. The van der Waals surface area contributed by atoms with Gasteiger partial charge in [0, 0.05) is 31.6 Å². The maximum absolute atomic E-state index is 3.87. The molecule has 1 aliphatic heterocycles. The number of nitrogens with one attached hydrogen (secondary N) is 1. The van der Waals surface area contributed by atoms with E-state index < -0.39 is 0 Å². The first kappa shape index (κ1) is 13.8. The molecule has 1 saturated heterocycles. The minimum atomic E-state index is 0.619. The van der Waals surface area contributed by atoms with Crippen molar-refractivity contribution in [3.05, 3.63) is 35.9 Å². The van der Waals surface area contributed by atoms with Crippen molar-refractivity contribution in [2.45, 2.75) is 44.6 Å². The van der Waals surface area contributed by atoms with Crippen molar-refractivity contribution in [1.29, 1.82) is 0 Å². The molecule has 21 heavy (non-hydrogen) atoms. The van der Waals surface area contributed by atoms with E-state index >= 15 is 0 Å². The molecule has 3 atom stereocenters. The quantitative estimate of drug-likeness (QED) is 0.862. The molecule has 2 heteroatoms. The summed E-state index contributed by atoms with van der Waals surface area (Å²) < 4.78 is 0. The molecule has 0 radical (unpaired) electrons. The number of likely N-dealkylation sites (tertiary alicyclic amines) is 1. The van der Waals surface area contributed by atoms with Crippen LogP contribution in [0.4, 0.5) is 0 Å². The van der Waals surface area contributed by atoms with Gasteiger partial charge in [0.05, 0.1) is 0 Å². The second-order valence-corrected chi connectivity index (χ2v) is 7.87. The predicted molar refractivity (Wildman–Crippen MR) is 87.5 cm³/mol. The third kappa shape index (κ3) is 3.17. The van der Waals surface area contributed by atoms with Crippen molar-refractivity contribution in [2.24, 2.45) is 11.3 Å². The van der Waals surface area contributed by atoms with Crippen LogP contribution in [-0.4, -0.2) is 37.1 Å². The van der Waals surface area contributed by atoms with Crippen molar-refractivity contribution >= 4 is 0 Å². The Morgan fingerprint density at radius 3 is 2.71 bits per heavy atom. The normalized spacial score (nSPS) is 34.0. The van der Waals surface area contributed by atoms with Crippen LogP contribution in [0.5, 0.6) is 0 Å². The zero-order valence-corrected chi connectivity index (χ0v) is 13.2. The van der Waals surface area contributed by atoms with Gasteiger partial charge in [-0.05, 0) is 49.1 Å². The van der Waals surface area contributed by atoms with E-state index in [0.717, 1.165) is 17.9 Å². The molecule has 0 spiro atoms. The molecule has 1 aromatic carbocycles. The molecular formula is C19H28N2. The molecule has 0 aromatic heterocycles. The third-order valence-electron chi connectivity index (χ3n) is 5.78. The maximum Gasteiger partial charge on any atom is 0.0143 e. The molecular weight excluding hydrogens is 256 g/mol. The Balaban J connectivity index is 1.24. The lowest BCUT2D eigenvalue weighted by Crippen LogP contribution is -2.36. The number of hydrogen-bond acceptors (Lipinski definition) is 2. The maximum atomic E-state index is 3.87. The van der Waals surface area contributed by atoms with E-state index in [9.17, 15) is 0 Å². The summed E-state index contributed by atoms with van der Waals surface area (Å²) in [4.78, 5) is 2.71. The molecule has 4 rings (SSSR count). The van der Waals surface area contributed by atoms with Crippen LogP contribution in [0.25, 0.3) is 0 Å². The Bertz CT molecular complexity index is 480. The van der Waals surface area contributed by atoms with Gasteiger partial charge in [0.25, 0.3) is 0 Å². The second-order valence-electron chi connectivity index (χ2n) is 7.87. The van der Waals surface area contributed by atoms with Crippen LogP contribution in [-0.2, 0) is 0 Å². The number of rotatable bonds is 6. The fourth-order valence-corrected chi connectivity index (χ4v) is 4.05. The predicted octanol–water partition coefficient (Wildman–Crippen LogP) is 3.25. The first-order valence-electron chi connectivity index (χ1n) is 8.75. The Labute approximate surface area is 128 Å². The van der Waals surface area contributed by atoms with Gasteiger partial charge in [0.2, 0.25) is 0 Å². The highest BCUT2D eigenvalue weighted by Gasteiger charge is 2.46. The third-order valence-corrected chi connectivity index (χ3v) is 5.78. The van der Waals surface area contributed by atoms with Gasteiger partial charge in [-0.2, -0.15) is 0 Å². The SMILES string of the molecule is CC1CCN(CC2(CNC3CC3c3ccccc3)CC2)C1. The zero-order valence-electron chi connectivity index (χ0n) is 13.2. The molecule has 2 aliphatic carbocycles. The van der Waals surface area contributed by atoms with Crippen LogP contribution < -0.4 is 5.32 Å². The lowest BCUT2D eigenvalue weighted by Gasteiger charge is -2.23. The van der Waals surface area contributed by atoms with Crippen LogP contribution in [0.1, 0.15) is 44.1 Å². The minimum Gasteiger partial charge on any atom is -0.313 e. The van der Waals surface area contributed by atoms with Gasteiger partial charge in [-0.3, -0.25) is 0 Å². The van der Waals surface area contributed by atoms with Gasteiger partial charge in [-0.1, -0.05) is 37.3 Å². The molecule has 0 bridgehead atoms. The van der Waals surface area contributed by atoms with Crippen molar-refractivity contribution in [2.75, 3.05) is 26.2 Å². The van der Waals surface area contributed by atoms with E-state index in [-0.39, 0.29) is 0 Å². The first-order valence-corrected chi connectivity index (χ1v) is 8.75. The van der Waals surface area contributed by atoms with Crippen molar-refractivity contribution < 1.29 is 0 Å². The summed E-state index contributed by atoms with van der Waals surface area (Å²) in [7, 11) is 0. The molecule has 2 saturated carbocycles. The average Bonchev–Trinajstić information content (AvgIpc) is 3.39. The Morgan fingerprint density at radius 1 is 1.24 bits per heavy atom. The number of hydrogen-bond donors (Lipinski definition) is 1. The van der Waals surface area contributed by atoms with Gasteiger partial charge < -0.3 is 10.2 Å². The molecule has 0 amide bonds. The minimum absolute atomic E-state index is 0.619. The molecule has 1 N–H and O–H groups in total. The topological polar surface area (TPSA) is 15.3 Å². The van der Waals surface area contributed by atoms with E-state index in [1.807, 2.05) is 0 Å². The lowest BCUT2D eigenvalue weighted by molar-refractivity contribution is 0.251. The highest BCUT2D eigenvalue weighted by Crippen LogP contribution is 2.48. The van der Waals surface area contributed by atoms with E-state index in [4.69, 9.17) is 0 Å². The summed E-state index contributed by atoms with van der Waals surface area (Å²) in [5.41, 5.74) is 2.14. The van der Waals surface area contributed by atoms with Crippen LogP contribution in [0.3, 0.4) is 0 Å². The first-order chi connectivity index (χ1) is 10.2. The Kier molecular flexibility index (Phi) is 3.55. The van der Waals surface area contributed by atoms with Gasteiger partial charge in [-0.25, -0.2) is 0 Å². The van der Waals surface area contributed by atoms with Crippen molar-refractivity contribution in [3.63, 3.8) is 0 Å². The fourth-order valence-electron chi connectivity index (χ4n) is 4.05. The summed E-state index contributed by atoms with van der Waals surface area (Å²) in [5, 5.41) is 3.87. The van der Waals surface area contributed by atoms with Gasteiger partial charge in [0.15, 0.2) is 0 Å². The molecule has 3 aliphatic rings. The largest absolute Gasteiger partial charge is 0.313 e. The van der Waals surface area contributed by atoms with Gasteiger partial charge >= 0.3 is 0 Å². The molecule has 3 fully saturated rings. The zero-order chi connectivity index (χ0) is 14.3. The van der Waals surface area contributed by atoms with Crippen LogP contribution >= 0.6 is 0 Å². The number of benzene rings is 1. The highest BCUT2D eigenvalue weighted by atomic mass is 15.2. The monoisotopic (exact) mass is 284 g/mol. The van der Waals surface area contributed by atoms with Crippen molar-refractivity contribution in [3.8, 4) is 0 Å².